The van der Waals surface area contributed by atoms with E-state index in [-0.39, 0.29) is 0 Å². The molecule has 2 fully saturated rings. The topological polar surface area (TPSA) is 0 Å². The molecular formula is C12H20. The molecule has 0 heterocycles. The monoisotopic (exact) mass is 164 g/mol. The van der Waals surface area contributed by atoms with Gasteiger partial charge >= 0.3 is 0 Å². The first kappa shape index (κ1) is 8.34. The van der Waals surface area contributed by atoms with Crippen molar-refractivity contribution in [1.82, 2.24) is 0 Å². The Kier molecular flexibility index (Phi) is 2.02. The Labute approximate surface area is 76.1 Å². The van der Waals surface area contributed by atoms with Crippen LogP contribution in [-0.4, -0.2) is 0 Å². The second-order valence-corrected chi connectivity index (χ2v) is 4.89. The van der Waals surface area contributed by atoms with Gasteiger partial charge in [0.2, 0.25) is 0 Å². The molecule has 0 radical (unpaired) electrons. The SMILES string of the molecule is C=C1CC1(C)C1CCCCCC1. The second kappa shape index (κ2) is 2.90. The summed E-state index contributed by atoms with van der Waals surface area (Å²) in [4.78, 5) is 0. The van der Waals surface area contributed by atoms with Crippen LogP contribution >= 0.6 is 0 Å². The third kappa shape index (κ3) is 1.32. The highest BCUT2D eigenvalue weighted by molar-refractivity contribution is 5.29. The third-order valence-corrected chi connectivity index (χ3v) is 4.02. The van der Waals surface area contributed by atoms with Gasteiger partial charge in [0, 0.05) is 0 Å². The van der Waals surface area contributed by atoms with Crippen LogP contribution in [0.3, 0.4) is 0 Å². The van der Waals surface area contributed by atoms with Crippen LogP contribution in [0, 0.1) is 11.3 Å². The fraction of sp³-hybridized carbons (Fsp3) is 0.833. The normalized spacial score (nSPS) is 37.9. The van der Waals surface area contributed by atoms with Gasteiger partial charge < -0.3 is 0 Å². The van der Waals surface area contributed by atoms with Crippen molar-refractivity contribution in [2.75, 3.05) is 0 Å². The molecule has 2 aliphatic rings. The molecular weight excluding hydrogens is 144 g/mol. The lowest BCUT2D eigenvalue weighted by Gasteiger charge is -2.20. The zero-order valence-corrected chi connectivity index (χ0v) is 8.23. The lowest BCUT2D eigenvalue weighted by molar-refractivity contribution is 0.313. The van der Waals surface area contributed by atoms with Gasteiger partial charge in [-0.25, -0.2) is 0 Å². The number of hydrogen-bond acceptors (Lipinski definition) is 0. The van der Waals surface area contributed by atoms with Gasteiger partial charge in [-0.2, -0.15) is 0 Å². The molecule has 12 heavy (non-hydrogen) atoms. The molecule has 0 bridgehead atoms. The largest absolute Gasteiger partial charge is 0.0993 e. The van der Waals surface area contributed by atoms with Crippen molar-refractivity contribution >= 4 is 0 Å². The van der Waals surface area contributed by atoms with Crippen LogP contribution < -0.4 is 0 Å². The summed E-state index contributed by atoms with van der Waals surface area (Å²) < 4.78 is 0. The highest BCUT2D eigenvalue weighted by atomic mass is 14.5. The van der Waals surface area contributed by atoms with Gasteiger partial charge in [0.05, 0.1) is 0 Å². The van der Waals surface area contributed by atoms with Crippen LogP contribution in [0.25, 0.3) is 0 Å². The first-order chi connectivity index (χ1) is 5.73. The van der Waals surface area contributed by atoms with Crippen LogP contribution in [0.1, 0.15) is 51.9 Å². The Bertz CT molecular complexity index is 184. The first-order valence-electron chi connectivity index (χ1n) is 5.42. The minimum absolute atomic E-state index is 0.574. The Balaban J connectivity index is 1.98. The molecule has 68 valence electrons. The van der Waals surface area contributed by atoms with Crippen LogP contribution in [-0.2, 0) is 0 Å². The molecule has 2 saturated carbocycles. The summed E-state index contributed by atoms with van der Waals surface area (Å²) in [6.07, 6.45) is 10.1. The van der Waals surface area contributed by atoms with Crippen LogP contribution in [0.5, 0.6) is 0 Å². The molecule has 0 aromatic rings. The maximum Gasteiger partial charge on any atom is -0.00533 e. The van der Waals surface area contributed by atoms with Crippen LogP contribution in [0.4, 0.5) is 0 Å². The lowest BCUT2D eigenvalue weighted by atomic mass is 9.84. The molecule has 2 rings (SSSR count). The zero-order valence-electron chi connectivity index (χ0n) is 8.23. The van der Waals surface area contributed by atoms with Gasteiger partial charge in [0.25, 0.3) is 0 Å². The summed E-state index contributed by atoms with van der Waals surface area (Å²) in [5.41, 5.74) is 2.10. The van der Waals surface area contributed by atoms with Crippen LogP contribution in [0.15, 0.2) is 12.2 Å². The summed E-state index contributed by atoms with van der Waals surface area (Å²) in [6, 6.07) is 0. The van der Waals surface area contributed by atoms with Gasteiger partial charge in [-0.3, -0.25) is 0 Å². The zero-order chi connectivity index (χ0) is 8.60. The van der Waals surface area contributed by atoms with E-state index in [1.54, 1.807) is 0 Å². The lowest BCUT2D eigenvalue weighted by Crippen LogP contribution is -2.11. The van der Waals surface area contributed by atoms with Gasteiger partial charge in [-0.05, 0) is 30.6 Å². The van der Waals surface area contributed by atoms with E-state index in [0.717, 1.165) is 5.92 Å². The molecule has 0 aromatic carbocycles. The predicted octanol–water partition coefficient (Wildman–Crippen LogP) is 3.92. The average Bonchev–Trinajstić information content (AvgIpc) is 2.71. The molecule has 0 nitrogen and oxygen atoms in total. The van der Waals surface area contributed by atoms with E-state index in [1.807, 2.05) is 0 Å². The minimum atomic E-state index is 0.574. The Morgan fingerprint density at radius 2 is 1.67 bits per heavy atom. The van der Waals surface area contributed by atoms with Gasteiger partial charge in [0.15, 0.2) is 0 Å². The maximum absolute atomic E-state index is 4.13. The Morgan fingerprint density at radius 1 is 1.17 bits per heavy atom. The van der Waals surface area contributed by atoms with Crippen molar-refractivity contribution in [3.05, 3.63) is 12.2 Å². The number of rotatable bonds is 1. The fourth-order valence-corrected chi connectivity index (χ4v) is 2.75. The van der Waals surface area contributed by atoms with E-state index in [2.05, 4.69) is 13.5 Å². The summed E-state index contributed by atoms with van der Waals surface area (Å²) in [7, 11) is 0. The predicted molar refractivity (Wildman–Crippen MR) is 53.1 cm³/mol. The Hall–Kier alpha value is -0.260. The minimum Gasteiger partial charge on any atom is -0.0993 e. The van der Waals surface area contributed by atoms with E-state index in [1.165, 1.54) is 50.5 Å². The van der Waals surface area contributed by atoms with Crippen molar-refractivity contribution in [1.29, 1.82) is 0 Å². The third-order valence-electron chi connectivity index (χ3n) is 4.02. The van der Waals surface area contributed by atoms with E-state index >= 15 is 0 Å². The van der Waals surface area contributed by atoms with E-state index in [4.69, 9.17) is 0 Å². The summed E-state index contributed by atoms with van der Waals surface area (Å²) >= 11 is 0. The molecule has 0 saturated heterocycles. The molecule has 2 aliphatic carbocycles. The summed E-state index contributed by atoms with van der Waals surface area (Å²) in [5, 5.41) is 0. The standard InChI is InChI=1S/C12H20/c1-10-9-12(10,2)11-7-5-3-4-6-8-11/h11H,1,3-9H2,2H3. The van der Waals surface area contributed by atoms with Crippen molar-refractivity contribution in [3.8, 4) is 0 Å². The molecule has 0 N–H and O–H groups in total. The van der Waals surface area contributed by atoms with Gasteiger partial charge in [-0.1, -0.05) is 44.8 Å². The fourth-order valence-electron chi connectivity index (χ4n) is 2.75. The quantitative estimate of drug-likeness (QED) is 0.407. The molecule has 0 aliphatic heterocycles. The molecule has 0 aromatic heterocycles. The maximum atomic E-state index is 4.13. The first-order valence-corrected chi connectivity index (χ1v) is 5.42. The van der Waals surface area contributed by atoms with E-state index in [9.17, 15) is 0 Å². The Morgan fingerprint density at radius 3 is 2.08 bits per heavy atom. The molecule has 0 amide bonds. The van der Waals surface area contributed by atoms with Crippen molar-refractivity contribution < 1.29 is 0 Å². The highest BCUT2D eigenvalue weighted by Gasteiger charge is 2.48. The molecule has 0 heteroatoms. The highest BCUT2D eigenvalue weighted by Crippen LogP contribution is 2.59. The van der Waals surface area contributed by atoms with E-state index in [0.29, 0.717) is 5.41 Å². The number of allylic oxidation sites excluding steroid dienone is 1. The van der Waals surface area contributed by atoms with Crippen molar-refractivity contribution in [2.24, 2.45) is 11.3 Å². The summed E-state index contributed by atoms with van der Waals surface area (Å²) in [6.45, 7) is 6.55. The van der Waals surface area contributed by atoms with Crippen molar-refractivity contribution in [3.63, 3.8) is 0 Å². The van der Waals surface area contributed by atoms with Crippen LogP contribution in [0.2, 0.25) is 0 Å². The summed E-state index contributed by atoms with van der Waals surface area (Å²) in [5.74, 6) is 0.979. The second-order valence-electron chi connectivity index (χ2n) is 4.89. The van der Waals surface area contributed by atoms with Crippen molar-refractivity contribution in [2.45, 2.75) is 51.9 Å². The van der Waals surface area contributed by atoms with Gasteiger partial charge in [-0.15, -0.1) is 0 Å². The molecule has 1 unspecified atom stereocenters. The van der Waals surface area contributed by atoms with E-state index < -0.39 is 0 Å². The molecule has 0 spiro atoms. The molecule has 1 atom stereocenters. The smallest absolute Gasteiger partial charge is 0.00533 e. The number of hydrogen-bond donors (Lipinski definition) is 0. The van der Waals surface area contributed by atoms with Gasteiger partial charge in [0.1, 0.15) is 0 Å². The average molecular weight is 164 g/mol.